The largest absolute Gasteiger partial charge is 0.475 e. The number of aromatic nitrogens is 2. The topological polar surface area (TPSA) is 76.2 Å². The molecule has 0 bridgehead atoms. The zero-order chi connectivity index (χ0) is 11.7. The summed E-state index contributed by atoms with van der Waals surface area (Å²) in [5, 5.41) is 12.4. The Bertz CT molecular complexity index is 551. The molecule has 1 aromatic carbocycles. The highest BCUT2D eigenvalue weighted by atomic mass is 35.5. The van der Waals surface area contributed by atoms with Gasteiger partial charge in [0.25, 0.3) is 11.7 Å². The minimum absolute atomic E-state index is 0.103. The Morgan fingerprint density at radius 1 is 1.50 bits per heavy atom. The Hall–Kier alpha value is -1.88. The van der Waals surface area contributed by atoms with Crippen LogP contribution in [-0.2, 0) is 0 Å². The van der Waals surface area contributed by atoms with E-state index in [9.17, 15) is 4.79 Å². The molecule has 82 valence electrons. The van der Waals surface area contributed by atoms with E-state index in [1.54, 1.807) is 12.1 Å². The van der Waals surface area contributed by atoms with Gasteiger partial charge in [-0.3, -0.25) is 0 Å². The van der Waals surface area contributed by atoms with Crippen molar-refractivity contribution in [1.29, 1.82) is 0 Å². The summed E-state index contributed by atoms with van der Waals surface area (Å²) >= 11 is 6.04. The molecule has 0 unspecified atom stereocenters. The molecule has 16 heavy (non-hydrogen) atoms. The average molecular weight is 239 g/mol. The molecule has 2 aromatic rings. The lowest BCUT2D eigenvalue weighted by molar-refractivity contribution is 0.0680. The van der Waals surface area contributed by atoms with E-state index in [1.165, 1.54) is 0 Å². The summed E-state index contributed by atoms with van der Waals surface area (Å²) in [6.07, 6.45) is 0. The first-order valence-electron chi connectivity index (χ1n) is 4.42. The molecule has 2 rings (SSSR count). The van der Waals surface area contributed by atoms with Crippen molar-refractivity contribution in [3.05, 3.63) is 34.6 Å². The predicted molar refractivity (Wildman–Crippen MR) is 56.4 cm³/mol. The second kappa shape index (κ2) is 3.94. The van der Waals surface area contributed by atoms with Crippen LogP contribution in [0.15, 0.2) is 22.7 Å². The van der Waals surface area contributed by atoms with Crippen LogP contribution < -0.4 is 0 Å². The summed E-state index contributed by atoms with van der Waals surface area (Å²) < 4.78 is 4.82. The van der Waals surface area contributed by atoms with Gasteiger partial charge >= 0.3 is 5.97 Å². The molecule has 6 heteroatoms. The van der Waals surface area contributed by atoms with Gasteiger partial charge in [-0.2, -0.15) is 4.98 Å². The van der Waals surface area contributed by atoms with Crippen LogP contribution in [0.3, 0.4) is 0 Å². The first kappa shape index (κ1) is 10.6. The number of aryl methyl sites for hydroxylation is 1. The molecule has 0 amide bonds. The lowest BCUT2D eigenvalue weighted by Crippen LogP contribution is -1.98. The van der Waals surface area contributed by atoms with Gasteiger partial charge in [0.2, 0.25) is 0 Å². The van der Waals surface area contributed by atoms with Gasteiger partial charge in [-0.1, -0.05) is 23.7 Å². The van der Waals surface area contributed by atoms with E-state index in [1.807, 2.05) is 13.0 Å². The number of hydrogen-bond donors (Lipinski definition) is 1. The van der Waals surface area contributed by atoms with Gasteiger partial charge in [-0.15, -0.1) is 0 Å². The molecule has 0 fully saturated rings. The zero-order valence-electron chi connectivity index (χ0n) is 8.27. The smallest absolute Gasteiger partial charge is 0.377 e. The number of carboxylic acids is 1. The predicted octanol–water partition coefficient (Wildman–Crippen LogP) is 2.40. The molecule has 1 aromatic heterocycles. The van der Waals surface area contributed by atoms with Crippen LogP contribution in [0.1, 0.15) is 16.2 Å². The van der Waals surface area contributed by atoms with Crippen LogP contribution in [0, 0.1) is 6.92 Å². The van der Waals surface area contributed by atoms with Gasteiger partial charge < -0.3 is 9.63 Å². The van der Waals surface area contributed by atoms with E-state index in [0.717, 1.165) is 5.56 Å². The van der Waals surface area contributed by atoms with Crippen LogP contribution in [0.25, 0.3) is 11.5 Å². The van der Waals surface area contributed by atoms with Crippen LogP contribution in [0.4, 0.5) is 0 Å². The summed E-state index contributed by atoms with van der Waals surface area (Å²) in [5.41, 5.74) is 1.39. The number of nitrogens with zero attached hydrogens (tertiary/aromatic N) is 2. The van der Waals surface area contributed by atoms with Gasteiger partial charge in [-0.25, -0.2) is 4.79 Å². The van der Waals surface area contributed by atoms with E-state index in [2.05, 4.69) is 10.1 Å². The highest BCUT2D eigenvalue weighted by Gasteiger charge is 2.16. The van der Waals surface area contributed by atoms with Gasteiger partial charge in [0, 0.05) is 0 Å². The van der Waals surface area contributed by atoms with Crippen LogP contribution in [0.5, 0.6) is 0 Å². The Balaban J connectivity index is 2.50. The Morgan fingerprint density at radius 2 is 2.25 bits per heavy atom. The summed E-state index contributed by atoms with van der Waals surface area (Å²) in [6.45, 7) is 1.83. The molecule has 5 nitrogen and oxygen atoms in total. The fraction of sp³-hybridized carbons (Fsp3) is 0.100. The number of benzene rings is 1. The summed E-state index contributed by atoms with van der Waals surface area (Å²) in [7, 11) is 0. The number of carbonyl (C=O) groups is 1. The molecular weight excluding hydrogens is 232 g/mol. The quantitative estimate of drug-likeness (QED) is 0.869. The normalized spacial score (nSPS) is 10.4. The lowest BCUT2D eigenvalue weighted by Gasteiger charge is -2.00. The molecule has 0 radical (unpaired) electrons. The second-order valence-electron chi connectivity index (χ2n) is 3.16. The van der Waals surface area contributed by atoms with Crippen molar-refractivity contribution in [2.24, 2.45) is 0 Å². The van der Waals surface area contributed by atoms with Crippen molar-refractivity contribution in [2.45, 2.75) is 6.92 Å². The van der Waals surface area contributed by atoms with Crippen molar-refractivity contribution >= 4 is 17.6 Å². The van der Waals surface area contributed by atoms with Crippen molar-refractivity contribution in [3.8, 4) is 11.5 Å². The van der Waals surface area contributed by atoms with Gasteiger partial charge in [0.15, 0.2) is 0 Å². The minimum Gasteiger partial charge on any atom is -0.475 e. The number of rotatable bonds is 2. The first-order chi connectivity index (χ1) is 7.59. The number of carboxylic acid groups (broad SMARTS) is 1. The molecule has 0 aliphatic rings. The minimum atomic E-state index is -1.24. The van der Waals surface area contributed by atoms with Crippen molar-refractivity contribution in [1.82, 2.24) is 10.1 Å². The van der Waals surface area contributed by atoms with Crippen LogP contribution in [-0.4, -0.2) is 21.2 Å². The third-order valence-corrected chi connectivity index (χ3v) is 2.54. The van der Waals surface area contributed by atoms with E-state index in [-0.39, 0.29) is 11.7 Å². The second-order valence-corrected chi connectivity index (χ2v) is 3.54. The fourth-order valence-corrected chi connectivity index (χ4v) is 1.44. The summed E-state index contributed by atoms with van der Waals surface area (Å²) in [5.74, 6) is -1.52. The molecule has 0 aliphatic heterocycles. The molecule has 0 atom stereocenters. The fourth-order valence-electron chi connectivity index (χ4n) is 1.23. The van der Waals surface area contributed by atoms with Gasteiger partial charge in [0.05, 0.1) is 10.6 Å². The molecule has 0 aliphatic carbocycles. The standard InChI is InChI=1S/C10H7ClN2O3/c1-5-3-2-4-6(7(5)11)9-12-8(10(14)15)13-16-9/h2-4H,1H3,(H,14,15). The molecule has 1 heterocycles. The van der Waals surface area contributed by atoms with Gasteiger partial charge in [-0.05, 0) is 23.7 Å². The molecule has 0 saturated carbocycles. The average Bonchev–Trinajstić information content (AvgIpc) is 2.71. The lowest BCUT2D eigenvalue weighted by atomic mass is 10.1. The maximum absolute atomic E-state index is 10.6. The summed E-state index contributed by atoms with van der Waals surface area (Å²) in [6, 6.07) is 5.30. The highest BCUT2D eigenvalue weighted by Crippen LogP contribution is 2.28. The highest BCUT2D eigenvalue weighted by molar-refractivity contribution is 6.33. The SMILES string of the molecule is Cc1cccc(-c2nc(C(=O)O)no2)c1Cl. The van der Waals surface area contributed by atoms with Crippen molar-refractivity contribution in [3.63, 3.8) is 0 Å². The van der Waals surface area contributed by atoms with E-state index in [4.69, 9.17) is 21.2 Å². The van der Waals surface area contributed by atoms with Crippen LogP contribution >= 0.6 is 11.6 Å². The zero-order valence-corrected chi connectivity index (χ0v) is 9.02. The van der Waals surface area contributed by atoms with Crippen LogP contribution in [0.2, 0.25) is 5.02 Å². The maximum atomic E-state index is 10.6. The Labute approximate surface area is 95.7 Å². The van der Waals surface area contributed by atoms with Crippen molar-refractivity contribution < 1.29 is 14.4 Å². The number of halogens is 1. The monoisotopic (exact) mass is 238 g/mol. The van der Waals surface area contributed by atoms with E-state index < -0.39 is 5.97 Å². The third-order valence-electron chi connectivity index (χ3n) is 2.04. The van der Waals surface area contributed by atoms with E-state index in [0.29, 0.717) is 10.6 Å². The molecule has 1 N–H and O–H groups in total. The maximum Gasteiger partial charge on any atom is 0.377 e. The van der Waals surface area contributed by atoms with Gasteiger partial charge in [0.1, 0.15) is 0 Å². The first-order valence-corrected chi connectivity index (χ1v) is 4.80. The van der Waals surface area contributed by atoms with Crippen molar-refractivity contribution in [2.75, 3.05) is 0 Å². The molecular formula is C10H7ClN2O3. The Morgan fingerprint density at radius 3 is 2.88 bits per heavy atom. The molecule has 0 saturated heterocycles. The molecule has 0 spiro atoms. The summed E-state index contributed by atoms with van der Waals surface area (Å²) in [4.78, 5) is 14.3. The third kappa shape index (κ3) is 1.77. The van der Waals surface area contributed by atoms with E-state index >= 15 is 0 Å². The number of aromatic carboxylic acids is 1. The number of hydrogen-bond acceptors (Lipinski definition) is 4. The Kier molecular flexibility index (Phi) is 2.62.